The molecule has 0 bridgehead atoms. The standard InChI is InChI=1S/C16H17ClN2O4/c1-4-21-15(20)16(23-19-10(2)3)22-13-8-7-12(17)11-6-5-9-18-14(11)13/h5-9,16H,4H2,1-3H3. The summed E-state index contributed by atoms with van der Waals surface area (Å²) in [6.07, 6.45) is 0.288. The zero-order valence-electron chi connectivity index (χ0n) is 13.1. The van der Waals surface area contributed by atoms with Crippen molar-refractivity contribution in [1.82, 2.24) is 4.98 Å². The van der Waals surface area contributed by atoms with Crippen LogP contribution in [0.15, 0.2) is 35.6 Å². The average molecular weight is 337 g/mol. The lowest BCUT2D eigenvalue weighted by Crippen LogP contribution is -2.31. The molecular formula is C16H17ClN2O4. The number of fused-ring (bicyclic) bond motifs is 1. The third-order valence-corrected chi connectivity index (χ3v) is 3.05. The molecule has 23 heavy (non-hydrogen) atoms. The number of halogens is 1. The quantitative estimate of drug-likeness (QED) is 0.349. The molecule has 7 heteroatoms. The molecule has 1 aromatic heterocycles. The topological polar surface area (TPSA) is 70.0 Å². The molecule has 1 heterocycles. The predicted octanol–water partition coefficient (Wildman–Crippen LogP) is 3.57. The predicted molar refractivity (Wildman–Crippen MR) is 87.7 cm³/mol. The Kier molecular flexibility index (Phi) is 5.76. The van der Waals surface area contributed by atoms with Gasteiger partial charge in [-0.25, -0.2) is 4.79 Å². The molecule has 0 saturated carbocycles. The van der Waals surface area contributed by atoms with Gasteiger partial charge < -0.3 is 14.3 Å². The van der Waals surface area contributed by atoms with Crippen LogP contribution in [0.25, 0.3) is 10.9 Å². The van der Waals surface area contributed by atoms with E-state index in [9.17, 15) is 4.79 Å². The maximum Gasteiger partial charge on any atom is 0.391 e. The average Bonchev–Trinajstić information content (AvgIpc) is 2.53. The summed E-state index contributed by atoms with van der Waals surface area (Å²) in [7, 11) is 0. The summed E-state index contributed by atoms with van der Waals surface area (Å²) in [4.78, 5) is 21.3. The Morgan fingerprint density at radius 2 is 2.13 bits per heavy atom. The first kappa shape index (κ1) is 17.0. The van der Waals surface area contributed by atoms with Crippen molar-refractivity contribution in [3.63, 3.8) is 0 Å². The number of hydrogen-bond donors (Lipinski definition) is 0. The summed E-state index contributed by atoms with van der Waals surface area (Å²) < 4.78 is 10.6. The Bertz CT molecular complexity index is 729. The van der Waals surface area contributed by atoms with Crippen molar-refractivity contribution in [2.75, 3.05) is 6.61 Å². The van der Waals surface area contributed by atoms with E-state index in [-0.39, 0.29) is 6.61 Å². The number of ether oxygens (including phenoxy) is 2. The minimum Gasteiger partial charge on any atom is -0.460 e. The molecule has 0 aliphatic heterocycles. The van der Waals surface area contributed by atoms with Crippen LogP contribution in [-0.2, 0) is 14.4 Å². The summed E-state index contributed by atoms with van der Waals surface area (Å²) in [5.74, 6) is -0.316. The van der Waals surface area contributed by atoms with Crippen molar-refractivity contribution in [2.45, 2.75) is 27.1 Å². The van der Waals surface area contributed by atoms with Crippen LogP contribution < -0.4 is 4.74 Å². The van der Waals surface area contributed by atoms with Crippen LogP contribution in [0.3, 0.4) is 0 Å². The molecule has 2 rings (SSSR count). The summed E-state index contributed by atoms with van der Waals surface area (Å²) in [6, 6.07) is 6.86. The maximum atomic E-state index is 12.0. The summed E-state index contributed by atoms with van der Waals surface area (Å²) in [5.41, 5.74) is 1.16. The molecule has 0 aliphatic rings. The first-order valence-corrected chi connectivity index (χ1v) is 7.44. The largest absolute Gasteiger partial charge is 0.460 e. The first-order chi connectivity index (χ1) is 11.0. The smallest absolute Gasteiger partial charge is 0.391 e. The van der Waals surface area contributed by atoms with Crippen molar-refractivity contribution < 1.29 is 19.1 Å². The van der Waals surface area contributed by atoms with Crippen molar-refractivity contribution in [1.29, 1.82) is 0 Å². The zero-order chi connectivity index (χ0) is 16.8. The summed E-state index contributed by atoms with van der Waals surface area (Å²) in [6.45, 7) is 5.38. The van der Waals surface area contributed by atoms with E-state index in [1.165, 1.54) is 0 Å². The number of carbonyl (C=O) groups excluding carboxylic acids is 1. The van der Waals surface area contributed by atoms with Gasteiger partial charge in [0.15, 0.2) is 5.75 Å². The lowest BCUT2D eigenvalue weighted by atomic mass is 10.2. The van der Waals surface area contributed by atoms with E-state index in [2.05, 4.69) is 10.1 Å². The summed E-state index contributed by atoms with van der Waals surface area (Å²) >= 11 is 6.14. The van der Waals surface area contributed by atoms with Crippen molar-refractivity contribution in [3.05, 3.63) is 35.5 Å². The van der Waals surface area contributed by atoms with Gasteiger partial charge in [-0.2, -0.15) is 0 Å². The van der Waals surface area contributed by atoms with E-state index in [0.717, 1.165) is 0 Å². The molecular weight excluding hydrogens is 320 g/mol. The number of hydrogen-bond acceptors (Lipinski definition) is 6. The first-order valence-electron chi connectivity index (χ1n) is 7.06. The lowest BCUT2D eigenvalue weighted by molar-refractivity contribution is -0.177. The van der Waals surface area contributed by atoms with Gasteiger partial charge in [0.25, 0.3) is 0 Å². The molecule has 0 aliphatic carbocycles. The van der Waals surface area contributed by atoms with Crippen LogP contribution in [0.4, 0.5) is 0 Å². The molecule has 2 aromatic rings. The van der Waals surface area contributed by atoms with Crippen molar-refractivity contribution in [2.24, 2.45) is 5.16 Å². The highest BCUT2D eigenvalue weighted by Gasteiger charge is 2.25. The second-order valence-electron chi connectivity index (χ2n) is 4.79. The van der Waals surface area contributed by atoms with Gasteiger partial charge in [0, 0.05) is 11.6 Å². The van der Waals surface area contributed by atoms with E-state index in [4.69, 9.17) is 25.9 Å². The van der Waals surface area contributed by atoms with Crippen LogP contribution >= 0.6 is 11.6 Å². The van der Waals surface area contributed by atoms with Crippen LogP contribution in [-0.4, -0.2) is 29.6 Å². The molecule has 1 atom stereocenters. The van der Waals surface area contributed by atoms with Crippen LogP contribution in [0.5, 0.6) is 5.75 Å². The van der Waals surface area contributed by atoms with Gasteiger partial charge in [0.05, 0.1) is 17.3 Å². The highest BCUT2D eigenvalue weighted by Crippen LogP contribution is 2.30. The van der Waals surface area contributed by atoms with Crippen LogP contribution in [0, 0.1) is 0 Å². The molecule has 0 N–H and O–H groups in total. The number of oxime groups is 1. The van der Waals surface area contributed by atoms with E-state index >= 15 is 0 Å². The minimum absolute atomic E-state index is 0.205. The van der Waals surface area contributed by atoms with Crippen molar-refractivity contribution in [3.8, 4) is 5.75 Å². The van der Waals surface area contributed by atoms with Crippen molar-refractivity contribution >= 4 is 34.2 Å². The van der Waals surface area contributed by atoms with E-state index in [0.29, 0.717) is 27.4 Å². The van der Waals surface area contributed by atoms with Crippen LogP contribution in [0.2, 0.25) is 5.02 Å². The fraction of sp³-hybridized carbons (Fsp3) is 0.312. The number of benzene rings is 1. The monoisotopic (exact) mass is 336 g/mol. The number of nitrogens with zero attached hydrogens (tertiary/aromatic N) is 2. The highest BCUT2D eigenvalue weighted by atomic mass is 35.5. The molecule has 0 radical (unpaired) electrons. The second kappa shape index (κ2) is 7.78. The third-order valence-electron chi connectivity index (χ3n) is 2.72. The SMILES string of the molecule is CCOC(=O)C(ON=C(C)C)Oc1ccc(Cl)c2cccnc12. The molecule has 0 spiro atoms. The second-order valence-corrected chi connectivity index (χ2v) is 5.20. The normalized spacial score (nSPS) is 11.7. The maximum absolute atomic E-state index is 12.0. The Morgan fingerprint density at radius 1 is 1.35 bits per heavy atom. The number of carbonyl (C=O) groups is 1. The van der Waals surface area contributed by atoms with Gasteiger partial charge in [0.1, 0.15) is 5.52 Å². The van der Waals surface area contributed by atoms with E-state index in [1.54, 1.807) is 45.2 Å². The Balaban J connectivity index is 2.34. The van der Waals surface area contributed by atoms with Gasteiger partial charge in [-0.15, -0.1) is 0 Å². The lowest BCUT2D eigenvalue weighted by Gasteiger charge is -2.16. The van der Waals surface area contributed by atoms with Gasteiger partial charge in [0.2, 0.25) is 0 Å². The molecule has 0 saturated heterocycles. The van der Waals surface area contributed by atoms with Gasteiger partial charge in [-0.1, -0.05) is 16.8 Å². The Hall–Kier alpha value is -2.34. The van der Waals surface area contributed by atoms with E-state index in [1.807, 2.05) is 6.07 Å². The molecule has 0 amide bonds. The molecule has 122 valence electrons. The Morgan fingerprint density at radius 3 is 2.83 bits per heavy atom. The van der Waals surface area contributed by atoms with Gasteiger partial charge >= 0.3 is 12.3 Å². The molecule has 6 nitrogen and oxygen atoms in total. The fourth-order valence-electron chi connectivity index (χ4n) is 1.80. The molecule has 1 unspecified atom stereocenters. The third kappa shape index (κ3) is 4.32. The molecule has 0 fully saturated rings. The van der Waals surface area contributed by atoms with E-state index < -0.39 is 12.3 Å². The minimum atomic E-state index is -1.32. The fourth-order valence-corrected chi connectivity index (χ4v) is 2.01. The number of esters is 1. The Labute approximate surface area is 139 Å². The van der Waals surface area contributed by atoms with Crippen LogP contribution in [0.1, 0.15) is 20.8 Å². The number of pyridine rings is 1. The van der Waals surface area contributed by atoms with Gasteiger partial charge in [-0.05, 0) is 45.0 Å². The summed E-state index contributed by atoms with van der Waals surface area (Å²) in [5, 5.41) is 5.02. The highest BCUT2D eigenvalue weighted by molar-refractivity contribution is 6.35. The zero-order valence-corrected chi connectivity index (χ0v) is 13.8. The number of aromatic nitrogens is 1. The van der Waals surface area contributed by atoms with Gasteiger partial charge in [-0.3, -0.25) is 4.98 Å². The number of rotatable bonds is 6. The molecule has 1 aromatic carbocycles.